The zero-order valence-electron chi connectivity index (χ0n) is 9.11. The van der Waals surface area contributed by atoms with Gasteiger partial charge in [0.2, 0.25) is 5.95 Å². The van der Waals surface area contributed by atoms with E-state index in [0.717, 1.165) is 0 Å². The van der Waals surface area contributed by atoms with Crippen LogP contribution in [0.2, 0.25) is 0 Å². The number of halogens is 1. The summed E-state index contributed by atoms with van der Waals surface area (Å²) in [5.41, 5.74) is 1.39. The molecule has 0 unspecified atom stereocenters. The number of anilines is 1. The summed E-state index contributed by atoms with van der Waals surface area (Å²) < 4.78 is 13.3. The van der Waals surface area contributed by atoms with Crippen LogP contribution in [0.15, 0.2) is 30.5 Å². The number of nitrogens with zero attached hydrogens (tertiary/aromatic N) is 3. The van der Waals surface area contributed by atoms with Gasteiger partial charge in [0.1, 0.15) is 5.82 Å². The zero-order chi connectivity index (χ0) is 12.3. The molecule has 0 radical (unpaired) electrons. The molecule has 0 saturated carbocycles. The normalized spacial score (nSPS) is 9.71. The number of rotatable bonds is 2. The van der Waals surface area contributed by atoms with Crippen LogP contribution in [-0.2, 0) is 0 Å². The molecule has 17 heavy (non-hydrogen) atoms. The first-order valence-corrected chi connectivity index (χ1v) is 4.95. The predicted molar refractivity (Wildman–Crippen MR) is 61.7 cm³/mol. The Morgan fingerprint density at radius 1 is 1.35 bits per heavy atom. The number of nitrogens with one attached hydrogen (secondary N) is 1. The molecule has 0 aliphatic carbocycles. The summed E-state index contributed by atoms with van der Waals surface area (Å²) in [5, 5.41) is 11.6. The van der Waals surface area contributed by atoms with Crippen molar-refractivity contribution in [1.82, 2.24) is 9.97 Å². The van der Waals surface area contributed by atoms with Crippen LogP contribution in [0.4, 0.5) is 10.3 Å². The Labute approximate surface area is 97.8 Å². The van der Waals surface area contributed by atoms with E-state index in [9.17, 15) is 4.39 Å². The first-order chi connectivity index (χ1) is 8.22. The molecule has 0 spiro atoms. The van der Waals surface area contributed by atoms with E-state index in [-0.39, 0.29) is 5.56 Å². The molecule has 1 aromatic carbocycles. The second kappa shape index (κ2) is 4.58. The lowest BCUT2D eigenvalue weighted by atomic mass is 10.1. The molecule has 0 fully saturated rings. The molecule has 2 rings (SSSR count). The van der Waals surface area contributed by atoms with Crippen LogP contribution < -0.4 is 5.32 Å². The summed E-state index contributed by atoms with van der Waals surface area (Å²) in [6.45, 7) is 0. The second-order valence-electron chi connectivity index (χ2n) is 3.36. The maximum atomic E-state index is 13.3. The highest BCUT2D eigenvalue weighted by Crippen LogP contribution is 2.20. The van der Waals surface area contributed by atoms with E-state index in [1.165, 1.54) is 12.1 Å². The lowest BCUT2D eigenvalue weighted by Gasteiger charge is -2.03. The van der Waals surface area contributed by atoms with Crippen LogP contribution in [0.25, 0.3) is 11.3 Å². The lowest BCUT2D eigenvalue weighted by molar-refractivity contribution is 0.628. The Hall–Kier alpha value is -2.48. The minimum atomic E-state index is -0.455. The van der Waals surface area contributed by atoms with Crippen molar-refractivity contribution in [3.63, 3.8) is 0 Å². The Bertz CT molecular complexity index is 589. The molecular formula is C12H9FN4. The smallest absolute Gasteiger partial charge is 0.222 e. The van der Waals surface area contributed by atoms with E-state index in [2.05, 4.69) is 15.3 Å². The standard InChI is InChI=1S/C12H9FN4/c1-15-12-16-3-2-11(17-12)9-4-8(7-14)5-10(13)6-9/h2-6H,1H3,(H,15,16,17). The van der Waals surface area contributed by atoms with E-state index in [1.807, 2.05) is 6.07 Å². The SMILES string of the molecule is CNc1nccc(-c2cc(F)cc(C#N)c2)n1. The van der Waals surface area contributed by atoms with E-state index in [0.29, 0.717) is 17.2 Å². The highest BCUT2D eigenvalue weighted by Gasteiger charge is 2.05. The van der Waals surface area contributed by atoms with Crippen LogP contribution >= 0.6 is 0 Å². The van der Waals surface area contributed by atoms with Crippen LogP contribution in [-0.4, -0.2) is 17.0 Å². The summed E-state index contributed by atoms with van der Waals surface area (Å²) in [6.07, 6.45) is 1.57. The first kappa shape index (κ1) is 11.0. The van der Waals surface area contributed by atoms with Crippen molar-refractivity contribution < 1.29 is 4.39 Å². The number of hydrogen-bond acceptors (Lipinski definition) is 4. The topological polar surface area (TPSA) is 61.6 Å². The summed E-state index contributed by atoms with van der Waals surface area (Å²) in [4.78, 5) is 8.15. The Morgan fingerprint density at radius 2 is 2.18 bits per heavy atom. The lowest BCUT2D eigenvalue weighted by Crippen LogP contribution is -1.97. The van der Waals surface area contributed by atoms with Crippen molar-refractivity contribution >= 4 is 5.95 Å². The van der Waals surface area contributed by atoms with E-state index < -0.39 is 5.82 Å². The van der Waals surface area contributed by atoms with Gasteiger partial charge in [0.05, 0.1) is 17.3 Å². The molecule has 2 aromatic rings. The minimum Gasteiger partial charge on any atom is -0.357 e. The number of benzene rings is 1. The van der Waals surface area contributed by atoms with Crippen molar-refractivity contribution in [1.29, 1.82) is 5.26 Å². The Balaban J connectivity index is 2.52. The molecule has 0 saturated heterocycles. The van der Waals surface area contributed by atoms with Crippen LogP contribution in [0.1, 0.15) is 5.56 Å². The number of nitriles is 1. The fourth-order valence-electron chi connectivity index (χ4n) is 1.44. The van der Waals surface area contributed by atoms with Crippen molar-refractivity contribution in [3.05, 3.63) is 41.8 Å². The van der Waals surface area contributed by atoms with Crippen molar-refractivity contribution in [2.75, 3.05) is 12.4 Å². The molecule has 84 valence electrons. The molecular weight excluding hydrogens is 219 g/mol. The van der Waals surface area contributed by atoms with Crippen LogP contribution in [0, 0.1) is 17.1 Å². The van der Waals surface area contributed by atoms with Gasteiger partial charge in [-0.25, -0.2) is 14.4 Å². The third-order valence-electron chi connectivity index (χ3n) is 2.20. The van der Waals surface area contributed by atoms with E-state index >= 15 is 0 Å². The molecule has 0 atom stereocenters. The van der Waals surface area contributed by atoms with Crippen molar-refractivity contribution in [2.45, 2.75) is 0 Å². The third-order valence-corrected chi connectivity index (χ3v) is 2.20. The van der Waals surface area contributed by atoms with Gasteiger partial charge in [-0.2, -0.15) is 5.26 Å². The van der Waals surface area contributed by atoms with E-state index in [4.69, 9.17) is 5.26 Å². The van der Waals surface area contributed by atoms with Crippen LogP contribution in [0.3, 0.4) is 0 Å². The summed E-state index contributed by atoms with van der Waals surface area (Å²) in [5.74, 6) is -0.00561. The van der Waals surface area contributed by atoms with Gasteiger partial charge in [-0.15, -0.1) is 0 Å². The fraction of sp³-hybridized carbons (Fsp3) is 0.0833. The average molecular weight is 228 g/mol. The Kier molecular flexibility index (Phi) is 2.97. The average Bonchev–Trinajstić information content (AvgIpc) is 2.38. The largest absolute Gasteiger partial charge is 0.357 e. The first-order valence-electron chi connectivity index (χ1n) is 4.95. The van der Waals surface area contributed by atoms with Gasteiger partial charge >= 0.3 is 0 Å². The maximum absolute atomic E-state index is 13.3. The highest BCUT2D eigenvalue weighted by molar-refractivity contribution is 5.62. The zero-order valence-corrected chi connectivity index (χ0v) is 9.11. The molecule has 0 aliphatic heterocycles. The van der Waals surface area contributed by atoms with Crippen LogP contribution in [0.5, 0.6) is 0 Å². The molecule has 1 aromatic heterocycles. The van der Waals surface area contributed by atoms with Gasteiger partial charge < -0.3 is 5.32 Å². The molecule has 4 nitrogen and oxygen atoms in total. The summed E-state index contributed by atoms with van der Waals surface area (Å²) in [7, 11) is 1.70. The number of aromatic nitrogens is 2. The minimum absolute atomic E-state index is 0.268. The summed E-state index contributed by atoms with van der Waals surface area (Å²) >= 11 is 0. The van der Waals surface area contributed by atoms with Crippen molar-refractivity contribution in [3.8, 4) is 17.3 Å². The molecule has 0 bridgehead atoms. The molecule has 0 aliphatic rings. The summed E-state index contributed by atoms with van der Waals surface area (Å²) in [6, 6.07) is 7.68. The van der Waals surface area contributed by atoms with Gasteiger partial charge in [-0.05, 0) is 24.3 Å². The van der Waals surface area contributed by atoms with Gasteiger partial charge in [-0.3, -0.25) is 0 Å². The Morgan fingerprint density at radius 3 is 2.88 bits per heavy atom. The molecule has 0 amide bonds. The predicted octanol–water partition coefficient (Wildman–Crippen LogP) is 2.20. The van der Waals surface area contributed by atoms with Crippen molar-refractivity contribution in [2.24, 2.45) is 0 Å². The molecule has 1 N–H and O–H groups in total. The molecule has 1 heterocycles. The quantitative estimate of drug-likeness (QED) is 0.855. The third kappa shape index (κ3) is 2.37. The fourth-order valence-corrected chi connectivity index (χ4v) is 1.44. The van der Waals surface area contributed by atoms with E-state index in [1.54, 1.807) is 25.4 Å². The van der Waals surface area contributed by atoms with Gasteiger partial charge in [0.15, 0.2) is 0 Å². The highest BCUT2D eigenvalue weighted by atomic mass is 19.1. The molecule has 5 heteroatoms. The number of hydrogen-bond donors (Lipinski definition) is 1. The van der Waals surface area contributed by atoms with Gasteiger partial charge in [0, 0.05) is 18.8 Å². The second-order valence-corrected chi connectivity index (χ2v) is 3.36. The van der Waals surface area contributed by atoms with Gasteiger partial charge in [0.25, 0.3) is 0 Å². The maximum Gasteiger partial charge on any atom is 0.222 e. The monoisotopic (exact) mass is 228 g/mol. The van der Waals surface area contributed by atoms with Gasteiger partial charge in [-0.1, -0.05) is 0 Å².